The molecule has 1 atom stereocenters. The molecule has 1 aromatic heterocycles. The maximum absolute atomic E-state index is 12.8. The van der Waals surface area contributed by atoms with E-state index in [9.17, 15) is 17.1 Å². The highest BCUT2D eigenvalue weighted by atomic mass is 32.3. The molecule has 0 bridgehead atoms. The molecule has 0 aromatic carbocycles. The van der Waals surface area contributed by atoms with E-state index in [0.717, 1.165) is 4.90 Å². The maximum atomic E-state index is 12.8. The third kappa shape index (κ3) is 2.36. The van der Waals surface area contributed by atoms with Gasteiger partial charge in [0.2, 0.25) is 5.91 Å². The summed E-state index contributed by atoms with van der Waals surface area (Å²) < 4.78 is 34.2. The summed E-state index contributed by atoms with van der Waals surface area (Å²) in [6, 6.07) is 3.02. The minimum absolute atomic E-state index is 0.214. The number of halogens is 1. The normalized spacial score (nSPS) is 20.9. The van der Waals surface area contributed by atoms with Crippen LogP contribution in [-0.4, -0.2) is 31.1 Å². The van der Waals surface area contributed by atoms with E-state index < -0.39 is 21.4 Å². The number of rotatable bonds is 2. The van der Waals surface area contributed by atoms with Crippen molar-refractivity contribution in [1.82, 2.24) is 4.98 Å². The molecule has 6 nitrogen and oxygen atoms in total. The highest BCUT2D eigenvalue weighted by Crippen LogP contribution is 2.24. The summed E-state index contributed by atoms with van der Waals surface area (Å²) >= 11 is 0. The SMILES string of the molecule is Nc1ccc(N2CC(S(=O)(=O)F)CC2=O)nc1. The van der Waals surface area contributed by atoms with Crippen molar-refractivity contribution in [2.75, 3.05) is 17.2 Å². The molecule has 0 radical (unpaired) electrons. The number of nitrogen functional groups attached to an aromatic ring is 1. The smallest absolute Gasteiger partial charge is 0.307 e. The second-order valence-corrected chi connectivity index (χ2v) is 5.37. The largest absolute Gasteiger partial charge is 0.397 e. The van der Waals surface area contributed by atoms with E-state index in [1.807, 2.05) is 0 Å². The quantitative estimate of drug-likeness (QED) is 0.758. The predicted molar refractivity (Wildman–Crippen MR) is 59.4 cm³/mol. The van der Waals surface area contributed by atoms with Gasteiger partial charge >= 0.3 is 10.2 Å². The molecule has 1 fully saturated rings. The van der Waals surface area contributed by atoms with Gasteiger partial charge in [-0.3, -0.25) is 9.69 Å². The summed E-state index contributed by atoms with van der Waals surface area (Å²) in [5.41, 5.74) is 5.86. The molecular weight excluding hydrogens is 249 g/mol. The lowest BCUT2D eigenvalue weighted by atomic mass is 10.4. The van der Waals surface area contributed by atoms with Crippen molar-refractivity contribution in [3.63, 3.8) is 0 Å². The van der Waals surface area contributed by atoms with Crippen LogP contribution in [0.25, 0.3) is 0 Å². The first-order valence-corrected chi connectivity index (χ1v) is 6.28. The minimum Gasteiger partial charge on any atom is -0.397 e. The predicted octanol–water partition coefficient (Wildman–Crippen LogP) is 0.0684. The second-order valence-electron chi connectivity index (χ2n) is 3.76. The van der Waals surface area contributed by atoms with E-state index in [4.69, 9.17) is 5.73 Å². The molecule has 0 saturated carbocycles. The molecular formula is C9H10FN3O3S. The zero-order valence-electron chi connectivity index (χ0n) is 8.71. The van der Waals surface area contributed by atoms with E-state index in [-0.39, 0.29) is 18.8 Å². The van der Waals surface area contributed by atoms with Crippen molar-refractivity contribution in [2.24, 2.45) is 0 Å². The second kappa shape index (κ2) is 3.95. The molecule has 2 heterocycles. The van der Waals surface area contributed by atoms with E-state index >= 15 is 0 Å². The molecule has 17 heavy (non-hydrogen) atoms. The van der Waals surface area contributed by atoms with Gasteiger partial charge in [-0.25, -0.2) is 4.98 Å². The molecule has 1 aromatic rings. The molecule has 1 unspecified atom stereocenters. The molecule has 2 rings (SSSR count). The Hall–Kier alpha value is -1.70. The standard InChI is InChI=1S/C9H10FN3O3S/c10-17(15,16)7-3-9(14)13(5-7)8-2-1-6(11)4-12-8/h1-2,4,7H,3,5,11H2. The van der Waals surface area contributed by atoms with E-state index in [2.05, 4.69) is 4.98 Å². The van der Waals surface area contributed by atoms with Crippen molar-refractivity contribution in [2.45, 2.75) is 11.7 Å². The Morgan fingerprint density at radius 3 is 2.65 bits per heavy atom. The number of carbonyl (C=O) groups excluding carboxylic acids is 1. The van der Waals surface area contributed by atoms with Crippen molar-refractivity contribution >= 4 is 27.6 Å². The molecule has 8 heteroatoms. The van der Waals surface area contributed by atoms with Crippen LogP contribution in [0.5, 0.6) is 0 Å². The summed E-state index contributed by atoms with van der Waals surface area (Å²) in [4.78, 5) is 16.6. The Morgan fingerprint density at radius 2 is 2.18 bits per heavy atom. The molecule has 1 aliphatic rings. The Bertz CT molecular complexity index is 543. The van der Waals surface area contributed by atoms with Crippen LogP contribution in [0.2, 0.25) is 0 Å². The van der Waals surface area contributed by atoms with Crippen molar-refractivity contribution in [3.8, 4) is 0 Å². The van der Waals surface area contributed by atoms with Crippen LogP contribution in [-0.2, 0) is 15.0 Å². The van der Waals surface area contributed by atoms with Crippen molar-refractivity contribution < 1.29 is 17.1 Å². The molecule has 2 N–H and O–H groups in total. The van der Waals surface area contributed by atoms with Crippen LogP contribution in [0.4, 0.5) is 15.4 Å². The monoisotopic (exact) mass is 259 g/mol. The fourth-order valence-corrected chi connectivity index (χ4v) is 2.31. The van der Waals surface area contributed by atoms with Crippen LogP contribution in [0, 0.1) is 0 Å². The number of amides is 1. The molecule has 0 aliphatic carbocycles. The fourth-order valence-electron chi connectivity index (χ4n) is 1.64. The fraction of sp³-hybridized carbons (Fsp3) is 0.333. The van der Waals surface area contributed by atoms with Crippen molar-refractivity contribution in [1.29, 1.82) is 0 Å². The number of anilines is 2. The first-order chi connectivity index (χ1) is 7.88. The van der Waals surface area contributed by atoms with Gasteiger partial charge in [-0.2, -0.15) is 8.42 Å². The van der Waals surface area contributed by atoms with E-state index in [1.54, 1.807) is 0 Å². The first kappa shape index (κ1) is 11.8. The lowest BCUT2D eigenvalue weighted by Gasteiger charge is -2.14. The van der Waals surface area contributed by atoms with E-state index in [1.165, 1.54) is 18.3 Å². The summed E-state index contributed by atoms with van der Waals surface area (Å²) in [5, 5.41) is -1.31. The third-order valence-corrected chi connectivity index (χ3v) is 3.65. The first-order valence-electron chi connectivity index (χ1n) is 4.83. The van der Waals surface area contributed by atoms with Gasteiger partial charge in [0.15, 0.2) is 0 Å². The number of hydrogen-bond donors (Lipinski definition) is 1. The number of carbonyl (C=O) groups is 1. The number of nitrogens with two attached hydrogens (primary N) is 1. The van der Waals surface area contributed by atoms with Gasteiger partial charge in [0.1, 0.15) is 11.1 Å². The van der Waals surface area contributed by atoms with Crippen LogP contribution in [0.15, 0.2) is 18.3 Å². The van der Waals surface area contributed by atoms with Crippen LogP contribution in [0.1, 0.15) is 6.42 Å². The highest BCUT2D eigenvalue weighted by Gasteiger charge is 2.39. The van der Waals surface area contributed by atoms with Gasteiger partial charge in [-0.05, 0) is 12.1 Å². The van der Waals surface area contributed by atoms with Gasteiger partial charge in [0, 0.05) is 13.0 Å². The Kier molecular flexibility index (Phi) is 2.74. The molecule has 0 spiro atoms. The summed E-state index contributed by atoms with van der Waals surface area (Å²) in [6.45, 7) is -0.214. The van der Waals surface area contributed by atoms with Gasteiger partial charge in [-0.1, -0.05) is 0 Å². The maximum Gasteiger partial charge on any atom is 0.307 e. The number of aromatic nitrogens is 1. The van der Waals surface area contributed by atoms with Crippen LogP contribution >= 0.6 is 0 Å². The van der Waals surface area contributed by atoms with Gasteiger partial charge in [0.25, 0.3) is 0 Å². The number of pyridine rings is 1. The van der Waals surface area contributed by atoms with Gasteiger partial charge < -0.3 is 5.73 Å². The molecule has 1 aliphatic heterocycles. The Balaban J connectivity index is 2.24. The van der Waals surface area contributed by atoms with E-state index in [0.29, 0.717) is 5.69 Å². The Labute approximate surface area is 97.5 Å². The topological polar surface area (TPSA) is 93.4 Å². The molecule has 1 amide bonds. The minimum atomic E-state index is -4.70. The van der Waals surface area contributed by atoms with Crippen molar-refractivity contribution in [3.05, 3.63) is 18.3 Å². The summed E-state index contributed by atoms with van der Waals surface area (Å²) in [7, 11) is -4.70. The third-order valence-electron chi connectivity index (χ3n) is 2.54. The summed E-state index contributed by atoms with van der Waals surface area (Å²) in [6.07, 6.45) is 0.991. The highest BCUT2D eigenvalue weighted by molar-refractivity contribution is 7.87. The zero-order valence-corrected chi connectivity index (χ0v) is 9.52. The average Bonchev–Trinajstić information content (AvgIpc) is 2.61. The van der Waals surface area contributed by atoms with Gasteiger partial charge in [-0.15, -0.1) is 3.89 Å². The lowest BCUT2D eigenvalue weighted by molar-refractivity contribution is -0.117. The molecule has 1 saturated heterocycles. The zero-order chi connectivity index (χ0) is 12.6. The Morgan fingerprint density at radius 1 is 1.47 bits per heavy atom. The van der Waals surface area contributed by atoms with Gasteiger partial charge in [0.05, 0.1) is 11.9 Å². The number of hydrogen-bond acceptors (Lipinski definition) is 5. The van der Waals surface area contributed by atoms with Crippen LogP contribution < -0.4 is 10.6 Å². The van der Waals surface area contributed by atoms with Crippen LogP contribution in [0.3, 0.4) is 0 Å². The number of nitrogens with zero attached hydrogens (tertiary/aromatic N) is 2. The lowest BCUT2D eigenvalue weighted by Crippen LogP contribution is -2.27. The molecule has 92 valence electrons. The average molecular weight is 259 g/mol. The summed E-state index contributed by atoms with van der Waals surface area (Å²) in [5.74, 6) is -0.191.